The van der Waals surface area contributed by atoms with E-state index in [0.717, 1.165) is 13.0 Å². The van der Waals surface area contributed by atoms with E-state index >= 15 is 0 Å². The Labute approximate surface area is 113 Å². The minimum atomic E-state index is -0.382. The van der Waals surface area contributed by atoms with Crippen molar-refractivity contribution in [2.75, 3.05) is 26.0 Å². The van der Waals surface area contributed by atoms with E-state index in [4.69, 9.17) is 18.0 Å². The van der Waals surface area contributed by atoms with Crippen LogP contribution in [0, 0.1) is 5.82 Å². The Bertz CT molecular complexity index is 421. The second-order valence-electron chi connectivity index (χ2n) is 4.66. The van der Waals surface area contributed by atoms with Crippen LogP contribution in [0.15, 0.2) is 18.2 Å². The number of anilines is 1. The molecule has 1 atom stereocenters. The van der Waals surface area contributed by atoms with E-state index in [1.807, 2.05) is 14.1 Å². The molecule has 0 aliphatic heterocycles. The van der Waals surface area contributed by atoms with Crippen molar-refractivity contribution in [1.29, 1.82) is 0 Å². The van der Waals surface area contributed by atoms with Gasteiger partial charge in [0.2, 0.25) is 0 Å². The fourth-order valence-corrected chi connectivity index (χ4v) is 1.89. The summed E-state index contributed by atoms with van der Waals surface area (Å²) in [5.74, 6) is -0.382. The van der Waals surface area contributed by atoms with E-state index in [9.17, 15) is 4.39 Å². The van der Waals surface area contributed by atoms with Gasteiger partial charge in [-0.25, -0.2) is 4.39 Å². The molecule has 3 N–H and O–H groups in total. The maximum Gasteiger partial charge on any atom is 0.135 e. The van der Waals surface area contributed by atoms with Crippen LogP contribution < -0.4 is 11.1 Å². The van der Waals surface area contributed by atoms with Gasteiger partial charge in [0.05, 0.1) is 5.56 Å². The molecule has 0 bridgehead atoms. The summed E-state index contributed by atoms with van der Waals surface area (Å²) in [6, 6.07) is 5.04. The predicted octanol–water partition coefficient (Wildman–Crippen LogP) is 2.21. The van der Waals surface area contributed by atoms with Gasteiger partial charge in [-0.1, -0.05) is 18.3 Å². The van der Waals surface area contributed by atoms with Crippen molar-refractivity contribution in [2.45, 2.75) is 19.4 Å². The van der Waals surface area contributed by atoms with Gasteiger partial charge in [-0.05, 0) is 46.1 Å². The maximum atomic E-state index is 13.6. The lowest BCUT2D eigenvalue weighted by Crippen LogP contribution is -2.24. The molecule has 1 unspecified atom stereocenters. The van der Waals surface area contributed by atoms with Gasteiger partial charge in [0.1, 0.15) is 10.8 Å². The minimum absolute atomic E-state index is 0.0791. The molecule has 0 aliphatic carbocycles. The number of hydrogen-bond acceptors (Lipinski definition) is 3. The highest BCUT2D eigenvalue weighted by atomic mass is 32.1. The Morgan fingerprint density at radius 3 is 2.72 bits per heavy atom. The highest BCUT2D eigenvalue weighted by Gasteiger charge is 2.12. The molecule has 1 aromatic rings. The quantitative estimate of drug-likeness (QED) is 0.777. The SMILES string of the molecule is CC(CCN(C)C)Nc1cccc(F)c1C(N)=S. The van der Waals surface area contributed by atoms with Crippen LogP contribution in [-0.2, 0) is 0 Å². The maximum absolute atomic E-state index is 13.6. The zero-order chi connectivity index (χ0) is 13.7. The molecule has 0 amide bonds. The van der Waals surface area contributed by atoms with E-state index in [-0.39, 0.29) is 16.8 Å². The minimum Gasteiger partial charge on any atom is -0.389 e. The van der Waals surface area contributed by atoms with Crippen molar-refractivity contribution >= 4 is 22.9 Å². The highest BCUT2D eigenvalue weighted by Crippen LogP contribution is 2.20. The molecule has 0 saturated carbocycles. The lowest BCUT2D eigenvalue weighted by Gasteiger charge is -2.19. The van der Waals surface area contributed by atoms with Crippen LogP contribution in [0.5, 0.6) is 0 Å². The van der Waals surface area contributed by atoms with Crippen molar-refractivity contribution in [3.63, 3.8) is 0 Å². The molecule has 0 aliphatic rings. The van der Waals surface area contributed by atoms with E-state index in [1.165, 1.54) is 6.07 Å². The first kappa shape index (κ1) is 14.9. The molecular weight excluding hydrogens is 249 g/mol. The summed E-state index contributed by atoms with van der Waals surface area (Å²) in [6.07, 6.45) is 0.959. The van der Waals surface area contributed by atoms with E-state index in [1.54, 1.807) is 12.1 Å². The Kier molecular flexibility index (Phi) is 5.50. The fourth-order valence-electron chi connectivity index (χ4n) is 1.68. The van der Waals surface area contributed by atoms with E-state index in [2.05, 4.69) is 17.1 Å². The molecule has 5 heteroatoms. The summed E-state index contributed by atoms with van der Waals surface area (Å²) in [6.45, 7) is 3.02. The third-order valence-electron chi connectivity index (χ3n) is 2.67. The number of rotatable bonds is 6. The zero-order valence-electron chi connectivity index (χ0n) is 11.0. The summed E-state index contributed by atoms with van der Waals surface area (Å²) >= 11 is 4.89. The van der Waals surface area contributed by atoms with Crippen LogP contribution in [0.1, 0.15) is 18.9 Å². The number of hydrogen-bond donors (Lipinski definition) is 2. The topological polar surface area (TPSA) is 41.3 Å². The average Bonchev–Trinajstić information content (AvgIpc) is 2.26. The van der Waals surface area contributed by atoms with Crippen LogP contribution in [0.4, 0.5) is 10.1 Å². The number of nitrogens with zero attached hydrogens (tertiary/aromatic N) is 1. The largest absolute Gasteiger partial charge is 0.389 e. The van der Waals surface area contributed by atoms with Crippen molar-refractivity contribution in [3.05, 3.63) is 29.6 Å². The summed E-state index contributed by atoms with van der Waals surface area (Å²) in [5, 5.41) is 3.25. The Hall–Kier alpha value is -1.20. The molecule has 0 heterocycles. The molecule has 0 radical (unpaired) electrons. The first-order chi connectivity index (χ1) is 8.41. The van der Waals surface area contributed by atoms with Gasteiger partial charge in [-0.15, -0.1) is 0 Å². The average molecular weight is 269 g/mol. The molecule has 0 fully saturated rings. The summed E-state index contributed by atoms with van der Waals surface area (Å²) in [7, 11) is 4.05. The van der Waals surface area contributed by atoms with E-state index in [0.29, 0.717) is 11.3 Å². The van der Waals surface area contributed by atoms with Crippen molar-refractivity contribution in [3.8, 4) is 0 Å². The van der Waals surface area contributed by atoms with Crippen LogP contribution in [0.2, 0.25) is 0 Å². The second-order valence-corrected chi connectivity index (χ2v) is 5.10. The third-order valence-corrected chi connectivity index (χ3v) is 2.88. The lowest BCUT2D eigenvalue weighted by atomic mass is 10.1. The van der Waals surface area contributed by atoms with Crippen molar-refractivity contribution in [1.82, 2.24) is 4.90 Å². The van der Waals surface area contributed by atoms with E-state index < -0.39 is 0 Å². The summed E-state index contributed by atoms with van der Waals surface area (Å²) < 4.78 is 13.6. The van der Waals surface area contributed by atoms with Gasteiger partial charge < -0.3 is 16.0 Å². The first-order valence-electron chi connectivity index (χ1n) is 5.91. The van der Waals surface area contributed by atoms with Crippen LogP contribution >= 0.6 is 12.2 Å². The highest BCUT2D eigenvalue weighted by molar-refractivity contribution is 7.80. The molecule has 3 nitrogen and oxygen atoms in total. The van der Waals surface area contributed by atoms with Crippen LogP contribution in [0.3, 0.4) is 0 Å². The number of thiocarbonyl (C=S) groups is 1. The molecule has 18 heavy (non-hydrogen) atoms. The number of nitrogens with one attached hydrogen (secondary N) is 1. The molecular formula is C13H20FN3S. The smallest absolute Gasteiger partial charge is 0.135 e. The van der Waals surface area contributed by atoms with Gasteiger partial charge in [0.25, 0.3) is 0 Å². The normalized spacial score (nSPS) is 12.5. The molecule has 1 rings (SSSR count). The summed E-state index contributed by atoms with van der Waals surface area (Å²) in [5.41, 5.74) is 6.51. The molecule has 0 aromatic heterocycles. The monoisotopic (exact) mass is 269 g/mol. The Morgan fingerprint density at radius 2 is 2.17 bits per heavy atom. The predicted molar refractivity (Wildman–Crippen MR) is 78.5 cm³/mol. The zero-order valence-corrected chi connectivity index (χ0v) is 11.9. The van der Waals surface area contributed by atoms with Crippen LogP contribution in [-0.4, -0.2) is 36.6 Å². The summed E-state index contributed by atoms with van der Waals surface area (Å²) in [4.78, 5) is 2.19. The van der Waals surface area contributed by atoms with Crippen molar-refractivity contribution < 1.29 is 4.39 Å². The first-order valence-corrected chi connectivity index (χ1v) is 6.32. The van der Waals surface area contributed by atoms with Gasteiger partial charge in [0, 0.05) is 11.7 Å². The molecule has 0 saturated heterocycles. The van der Waals surface area contributed by atoms with Gasteiger partial charge >= 0.3 is 0 Å². The number of halogens is 1. The second kappa shape index (κ2) is 6.66. The number of benzene rings is 1. The Morgan fingerprint density at radius 1 is 1.50 bits per heavy atom. The fraction of sp³-hybridized carbons (Fsp3) is 0.462. The van der Waals surface area contributed by atoms with Crippen LogP contribution in [0.25, 0.3) is 0 Å². The standard InChI is InChI=1S/C13H20FN3S/c1-9(7-8-17(2)3)16-11-6-4-5-10(14)12(11)13(15)18/h4-6,9,16H,7-8H2,1-3H3,(H2,15,18). The van der Waals surface area contributed by atoms with Gasteiger partial charge in [-0.2, -0.15) is 0 Å². The van der Waals surface area contributed by atoms with Gasteiger partial charge in [0.15, 0.2) is 0 Å². The Balaban J connectivity index is 2.78. The molecule has 100 valence electrons. The molecule has 1 aromatic carbocycles. The number of nitrogens with two attached hydrogens (primary N) is 1. The molecule has 0 spiro atoms. The van der Waals surface area contributed by atoms with Gasteiger partial charge in [-0.3, -0.25) is 0 Å². The van der Waals surface area contributed by atoms with Crippen molar-refractivity contribution in [2.24, 2.45) is 5.73 Å². The lowest BCUT2D eigenvalue weighted by molar-refractivity contribution is 0.390. The third kappa shape index (κ3) is 4.23.